The lowest BCUT2D eigenvalue weighted by Crippen LogP contribution is -2.49. The molecule has 2 aliphatic heterocycles. The van der Waals surface area contributed by atoms with Crippen LogP contribution in [0, 0.1) is 12.7 Å². The smallest absolute Gasteiger partial charge is 0.350 e. The molecule has 7 nitrogen and oxygen atoms in total. The average molecular weight is 515 g/mol. The molecule has 0 aliphatic carbocycles. The maximum atomic E-state index is 13.9. The van der Waals surface area contributed by atoms with E-state index in [1.165, 1.54) is 28.5 Å². The molecule has 2 aliphatic rings. The Kier molecular flexibility index (Phi) is 6.33. The summed E-state index contributed by atoms with van der Waals surface area (Å²) < 4.78 is 15.4. The Morgan fingerprint density at radius 3 is 2.71 bits per heavy atom. The molecule has 182 valence electrons. The number of carbonyl (C=O) groups excluding carboxylic acids is 1. The van der Waals surface area contributed by atoms with Gasteiger partial charge >= 0.3 is 5.69 Å². The van der Waals surface area contributed by atoms with E-state index < -0.39 is 17.6 Å². The molecular weight excluding hydrogens is 491 g/mol. The van der Waals surface area contributed by atoms with Gasteiger partial charge in [0.2, 0.25) is 5.91 Å². The number of aliphatic hydroxyl groups excluding tert-OH is 1. The summed E-state index contributed by atoms with van der Waals surface area (Å²) in [7, 11) is 0. The molecule has 0 saturated carbocycles. The van der Waals surface area contributed by atoms with Gasteiger partial charge < -0.3 is 14.9 Å². The second-order valence-corrected chi connectivity index (χ2v) is 10.2. The number of hydrogen-bond acceptors (Lipinski definition) is 6. The number of rotatable bonds is 3. The summed E-state index contributed by atoms with van der Waals surface area (Å²) in [5, 5.41) is 11.4. The third kappa shape index (κ3) is 4.22. The first-order valence-electron chi connectivity index (χ1n) is 11.3. The van der Waals surface area contributed by atoms with Crippen molar-refractivity contribution >= 4 is 46.0 Å². The van der Waals surface area contributed by atoms with E-state index in [9.17, 15) is 19.1 Å². The third-order valence-corrected chi connectivity index (χ3v) is 8.01. The number of piperazine rings is 1. The van der Waals surface area contributed by atoms with E-state index in [4.69, 9.17) is 11.6 Å². The van der Waals surface area contributed by atoms with Crippen molar-refractivity contribution in [3.05, 3.63) is 63.8 Å². The molecule has 3 aromatic rings. The molecule has 2 aromatic carbocycles. The molecule has 1 saturated heterocycles. The predicted octanol–water partition coefficient (Wildman–Crippen LogP) is 3.47. The van der Waals surface area contributed by atoms with Gasteiger partial charge in [0.1, 0.15) is 11.6 Å². The number of hydrogen-bond donors (Lipinski definition) is 1. The number of aliphatic hydroxyl groups is 1. The van der Waals surface area contributed by atoms with Gasteiger partial charge in [-0.2, -0.15) is 4.98 Å². The lowest BCUT2D eigenvalue weighted by molar-refractivity contribution is -0.126. The minimum Gasteiger partial charge on any atom is -0.390 e. The zero-order chi connectivity index (χ0) is 24.9. The number of aromatic nitrogens is 2. The highest BCUT2D eigenvalue weighted by Crippen LogP contribution is 2.43. The van der Waals surface area contributed by atoms with Gasteiger partial charge in [0.25, 0.3) is 0 Å². The fraction of sp³-hybridized carbons (Fsp3) is 0.320. The molecule has 3 heterocycles. The Bertz CT molecular complexity index is 1420. The van der Waals surface area contributed by atoms with Gasteiger partial charge in [0.05, 0.1) is 23.2 Å². The Morgan fingerprint density at radius 1 is 1.29 bits per heavy atom. The number of anilines is 1. The van der Waals surface area contributed by atoms with E-state index in [1.54, 1.807) is 17.0 Å². The van der Waals surface area contributed by atoms with Gasteiger partial charge in [-0.05, 0) is 42.3 Å². The molecule has 10 heteroatoms. The van der Waals surface area contributed by atoms with Gasteiger partial charge in [-0.1, -0.05) is 24.2 Å². The van der Waals surface area contributed by atoms with E-state index in [-0.39, 0.29) is 17.5 Å². The van der Waals surface area contributed by atoms with Crippen molar-refractivity contribution in [3.8, 4) is 11.1 Å². The zero-order valence-electron chi connectivity index (χ0n) is 19.1. The summed E-state index contributed by atoms with van der Waals surface area (Å²) in [5.41, 5.74) is 2.78. The second kappa shape index (κ2) is 9.29. The van der Waals surface area contributed by atoms with E-state index in [1.807, 2.05) is 17.9 Å². The van der Waals surface area contributed by atoms with Crippen LogP contribution in [0.4, 0.5) is 10.2 Å². The molecule has 35 heavy (non-hydrogen) atoms. The number of benzene rings is 2. The number of halogens is 2. The summed E-state index contributed by atoms with van der Waals surface area (Å²) >= 11 is 7.57. The van der Waals surface area contributed by atoms with Crippen molar-refractivity contribution in [3.63, 3.8) is 0 Å². The molecule has 0 radical (unpaired) electrons. The van der Waals surface area contributed by atoms with Crippen molar-refractivity contribution in [1.29, 1.82) is 0 Å². The lowest BCUT2D eigenvalue weighted by atomic mass is 9.97. The third-order valence-electron chi connectivity index (χ3n) is 6.48. The van der Waals surface area contributed by atoms with Gasteiger partial charge in [0, 0.05) is 47.8 Å². The molecule has 5 rings (SSSR count). The number of amides is 1. The van der Waals surface area contributed by atoms with Crippen molar-refractivity contribution in [2.24, 2.45) is 0 Å². The van der Waals surface area contributed by atoms with Crippen LogP contribution >= 0.6 is 23.4 Å². The second-order valence-electron chi connectivity index (χ2n) is 8.73. The molecule has 0 spiro atoms. The van der Waals surface area contributed by atoms with Crippen LogP contribution in [0.5, 0.6) is 0 Å². The zero-order valence-corrected chi connectivity index (χ0v) is 20.7. The summed E-state index contributed by atoms with van der Waals surface area (Å²) in [5.74, 6) is 0.353. The van der Waals surface area contributed by atoms with Gasteiger partial charge in [-0.15, -0.1) is 11.8 Å². The van der Waals surface area contributed by atoms with Crippen molar-refractivity contribution in [2.75, 3.05) is 36.8 Å². The van der Waals surface area contributed by atoms with Crippen LogP contribution in [0.3, 0.4) is 0 Å². The highest BCUT2D eigenvalue weighted by atomic mass is 35.5. The monoisotopic (exact) mass is 514 g/mol. The van der Waals surface area contributed by atoms with Gasteiger partial charge in [-0.25, -0.2) is 9.18 Å². The average Bonchev–Trinajstić information content (AvgIpc) is 3.02. The minimum absolute atomic E-state index is 0.0209. The summed E-state index contributed by atoms with van der Waals surface area (Å²) in [6.07, 6.45) is 0.584. The van der Waals surface area contributed by atoms with E-state index in [2.05, 4.69) is 11.6 Å². The maximum Gasteiger partial charge on any atom is 0.350 e. The fourth-order valence-corrected chi connectivity index (χ4v) is 6.22. The van der Waals surface area contributed by atoms with Crippen LogP contribution in [0.1, 0.15) is 5.56 Å². The normalized spacial score (nSPS) is 18.0. The number of nitrogens with zero attached hydrogens (tertiary/aromatic N) is 4. The van der Waals surface area contributed by atoms with Crippen LogP contribution in [-0.4, -0.2) is 63.5 Å². The number of thioether (sulfide) groups is 1. The van der Waals surface area contributed by atoms with Crippen LogP contribution in [0.2, 0.25) is 5.02 Å². The van der Waals surface area contributed by atoms with E-state index in [0.29, 0.717) is 43.3 Å². The van der Waals surface area contributed by atoms with Crippen LogP contribution in [0.15, 0.2) is 46.6 Å². The number of carbonyl (C=O) groups is 1. The summed E-state index contributed by atoms with van der Waals surface area (Å²) in [6.45, 7) is 7.72. The topological polar surface area (TPSA) is 78.7 Å². The van der Waals surface area contributed by atoms with Crippen molar-refractivity contribution < 1.29 is 14.3 Å². The van der Waals surface area contributed by atoms with Crippen molar-refractivity contribution in [2.45, 2.75) is 24.5 Å². The Balaban J connectivity index is 1.71. The largest absolute Gasteiger partial charge is 0.390 e. The van der Waals surface area contributed by atoms with Gasteiger partial charge in [0.15, 0.2) is 0 Å². The Hall–Kier alpha value is -2.88. The van der Waals surface area contributed by atoms with Crippen molar-refractivity contribution in [1.82, 2.24) is 14.5 Å². The summed E-state index contributed by atoms with van der Waals surface area (Å²) in [4.78, 5) is 34.2. The first kappa shape index (κ1) is 23.8. The first-order chi connectivity index (χ1) is 16.8. The molecule has 1 atom stereocenters. The summed E-state index contributed by atoms with van der Waals surface area (Å²) in [6, 6.07) is 6.58. The fourth-order valence-electron chi connectivity index (χ4n) is 4.79. The Morgan fingerprint density at radius 2 is 2.03 bits per heavy atom. The van der Waals surface area contributed by atoms with Crippen LogP contribution in [0.25, 0.3) is 22.0 Å². The Labute approximate surface area is 210 Å². The maximum absolute atomic E-state index is 13.9. The minimum atomic E-state index is -0.723. The number of aryl methyl sites for hydroxylation is 1. The molecule has 1 amide bonds. The van der Waals surface area contributed by atoms with Gasteiger partial charge in [-0.3, -0.25) is 9.36 Å². The standard InChI is InChI=1S/C25H24ClFN4O3S/c1-3-20(33)29-6-8-30(9-7-29)24-17-10-14(2)21(15-4-5-19(27)18(26)11-15)23-22(17)31(25(34)28-24)12-16(32)13-35-23/h3-5,10-11,16,32H,1,6-9,12-13H2,2H3. The van der Waals surface area contributed by atoms with E-state index >= 15 is 0 Å². The molecule has 1 aromatic heterocycles. The molecule has 0 bridgehead atoms. The molecule has 1 N–H and O–H groups in total. The van der Waals surface area contributed by atoms with E-state index in [0.717, 1.165) is 27.0 Å². The lowest BCUT2D eigenvalue weighted by Gasteiger charge is -2.35. The van der Waals surface area contributed by atoms with Crippen LogP contribution < -0.4 is 10.6 Å². The quantitative estimate of drug-likeness (QED) is 0.539. The highest BCUT2D eigenvalue weighted by Gasteiger charge is 2.28. The van der Waals surface area contributed by atoms with Crippen LogP contribution in [-0.2, 0) is 11.3 Å². The molecule has 1 unspecified atom stereocenters. The molecular formula is C25H24ClFN4O3S. The SMILES string of the molecule is C=CC(=O)N1CCN(c2nc(=O)n3c4c(c(-c5ccc(F)c(Cl)c5)c(C)cc24)SCC(O)C3)CC1. The first-order valence-corrected chi connectivity index (χ1v) is 12.7. The predicted molar refractivity (Wildman–Crippen MR) is 137 cm³/mol. The highest BCUT2D eigenvalue weighted by molar-refractivity contribution is 7.99. The molecule has 1 fully saturated rings.